The van der Waals surface area contributed by atoms with E-state index in [2.05, 4.69) is 31.3 Å². The van der Waals surface area contributed by atoms with E-state index >= 15 is 0 Å². The monoisotopic (exact) mass is 528 g/mol. The number of methoxy groups -OCH3 is 1. The Balaban J connectivity index is 1.68. The number of rotatable bonds is 11. The fraction of sp³-hybridized carbons (Fsp3) is 0.333. The van der Waals surface area contributed by atoms with Crippen LogP contribution in [0.2, 0.25) is 0 Å². The molecule has 5 nitrogen and oxygen atoms in total. The highest BCUT2D eigenvalue weighted by Gasteiger charge is 2.19. The first-order chi connectivity index (χ1) is 18.8. The first kappa shape index (κ1) is 28.2. The molecule has 0 saturated carbocycles. The van der Waals surface area contributed by atoms with Crippen LogP contribution in [0.3, 0.4) is 0 Å². The van der Waals surface area contributed by atoms with Crippen LogP contribution in [0.1, 0.15) is 69.4 Å². The van der Waals surface area contributed by atoms with E-state index in [9.17, 15) is 9.18 Å². The molecule has 0 aliphatic carbocycles. The molecule has 0 saturated heterocycles. The van der Waals surface area contributed by atoms with Gasteiger partial charge in [0.2, 0.25) is 0 Å². The summed E-state index contributed by atoms with van der Waals surface area (Å²) in [6, 6.07) is 23.1. The third-order valence-electron chi connectivity index (χ3n) is 6.80. The van der Waals surface area contributed by atoms with Crippen LogP contribution in [0, 0.1) is 5.82 Å². The van der Waals surface area contributed by atoms with Gasteiger partial charge in [-0.3, -0.25) is 9.78 Å². The van der Waals surface area contributed by atoms with Gasteiger partial charge < -0.3 is 14.8 Å². The van der Waals surface area contributed by atoms with Crippen LogP contribution in [-0.2, 0) is 16.0 Å². The van der Waals surface area contributed by atoms with Crippen LogP contribution in [0.5, 0.6) is 5.75 Å². The normalized spacial score (nSPS) is 12.9. The minimum Gasteiger partial charge on any atom is -0.497 e. The van der Waals surface area contributed by atoms with Crippen LogP contribution in [0.25, 0.3) is 22.0 Å². The average molecular weight is 529 g/mol. The molecule has 1 N–H and O–H groups in total. The Labute approximate surface area is 230 Å². The molecule has 0 fully saturated rings. The molecule has 0 aliphatic rings. The lowest BCUT2D eigenvalue weighted by Gasteiger charge is -2.24. The van der Waals surface area contributed by atoms with Crippen LogP contribution in [0.15, 0.2) is 72.8 Å². The molecule has 0 aliphatic heterocycles. The zero-order valence-corrected chi connectivity index (χ0v) is 23.3. The number of para-hydroxylation sites is 1. The second kappa shape index (κ2) is 12.9. The number of ether oxygens (including phenoxy) is 2. The minimum atomic E-state index is -0.334. The van der Waals surface area contributed by atoms with Gasteiger partial charge in [0, 0.05) is 23.9 Å². The van der Waals surface area contributed by atoms with Crippen molar-refractivity contribution in [2.45, 2.75) is 65.1 Å². The van der Waals surface area contributed by atoms with E-state index in [-0.39, 0.29) is 36.4 Å². The minimum absolute atomic E-state index is 0.0200. The van der Waals surface area contributed by atoms with Gasteiger partial charge in [-0.25, -0.2) is 4.39 Å². The van der Waals surface area contributed by atoms with Crippen molar-refractivity contribution < 1.29 is 18.7 Å². The SMILES string of the molecule is CCC(N[C@H](C)c1cccc(OC)c1)c1cc(-c2cc(F)cc(CCC(=O)OC(C)C)c2)c2ccccc2n1. The number of aromatic nitrogens is 1. The number of benzene rings is 3. The van der Waals surface area contributed by atoms with Gasteiger partial charge in [0.05, 0.1) is 24.4 Å². The number of aryl methyl sites for hydroxylation is 1. The largest absolute Gasteiger partial charge is 0.497 e. The van der Waals surface area contributed by atoms with Crippen molar-refractivity contribution in [1.29, 1.82) is 0 Å². The Morgan fingerprint density at radius 2 is 1.79 bits per heavy atom. The summed E-state index contributed by atoms with van der Waals surface area (Å²) in [7, 11) is 1.67. The lowest BCUT2D eigenvalue weighted by atomic mass is 9.95. The Kier molecular flexibility index (Phi) is 9.31. The number of fused-ring (bicyclic) bond motifs is 1. The number of carbonyl (C=O) groups is 1. The molecule has 1 heterocycles. The smallest absolute Gasteiger partial charge is 0.306 e. The fourth-order valence-electron chi connectivity index (χ4n) is 4.85. The molecule has 0 amide bonds. The van der Waals surface area contributed by atoms with Crippen LogP contribution < -0.4 is 10.1 Å². The predicted molar refractivity (Wildman–Crippen MR) is 154 cm³/mol. The van der Waals surface area contributed by atoms with Gasteiger partial charge in [-0.05, 0) is 92.3 Å². The summed E-state index contributed by atoms with van der Waals surface area (Å²) >= 11 is 0. The lowest BCUT2D eigenvalue weighted by molar-refractivity contribution is -0.147. The summed E-state index contributed by atoms with van der Waals surface area (Å²) in [6.45, 7) is 7.89. The number of pyridine rings is 1. The van der Waals surface area contributed by atoms with E-state index in [0.717, 1.165) is 51.0 Å². The first-order valence-corrected chi connectivity index (χ1v) is 13.6. The zero-order valence-electron chi connectivity index (χ0n) is 23.3. The standard InChI is InChI=1S/C33H37FN2O3/c1-6-30(35-22(4)24-10-9-11-27(19-24)38-5)32-20-29(28-12-7-8-13-31(28)36-32)25-16-23(17-26(34)18-25)14-15-33(37)39-21(2)3/h7-13,16-22,30,35H,6,14-15H2,1-5H3/t22-,30?/m1/s1. The van der Waals surface area contributed by atoms with Gasteiger partial charge >= 0.3 is 5.97 Å². The maximum atomic E-state index is 14.8. The van der Waals surface area contributed by atoms with Gasteiger partial charge in [0.1, 0.15) is 11.6 Å². The number of hydrogen-bond donors (Lipinski definition) is 1. The van der Waals surface area contributed by atoms with E-state index in [1.807, 2.05) is 62.4 Å². The average Bonchev–Trinajstić information content (AvgIpc) is 2.93. The van der Waals surface area contributed by atoms with Crippen molar-refractivity contribution in [3.05, 3.63) is 95.4 Å². The molecular formula is C33H37FN2O3. The molecule has 2 atom stereocenters. The van der Waals surface area contributed by atoms with Crippen molar-refractivity contribution in [3.8, 4) is 16.9 Å². The Morgan fingerprint density at radius 3 is 2.54 bits per heavy atom. The second-order valence-corrected chi connectivity index (χ2v) is 10.1. The second-order valence-electron chi connectivity index (χ2n) is 10.1. The molecule has 0 bridgehead atoms. The highest BCUT2D eigenvalue weighted by molar-refractivity contribution is 5.94. The maximum absolute atomic E-state index is 14.8. The molecular weight excluding hydrogens is 491 g/mol. The fourth-order valence-corrected chi connectivity index (χ4v) is 4.85. The summed E-state index contributed by atoms with van der Waals surface area (Å²) in [5, 5.41) is 4.67. The summed E-state index contributed by atoms with van der Waals surface area (Å²) in [4.78, 5) is 17.1. The molecule has 1 aromatic heterocycles. The molecule has 1 unspecified atom stereocenters. The van der Waals surface area contributed by atoms with Crippen molar-refractivity contribution in [2.75, 3.05) is 7.11 Å². The third-order valence-corrected chi connectivity index (χ3v) is 6.80. The van der Waals surface area contributed by atoms with E-state index in [1.54, 1.807) is 13.2 Å². The van der Waals surface area contributed by atoms with Crippen LogP contribution >= 0.6 is 0 Å². The van der Waals surface area contributed by atoms with Gasteiger partial charge in [-0.2, -0.15) is 0 Å². The molecule has 4 rings (SSSR count). The highest BCUT2D eigenvalue weighted by atomic mass is 19.1. The number of carbonyl (C=O) groups excluding carboxylic acids is 1. The van der Waals surface area contributed by atoms with E-state index < -0.39 is 0 Å². The van der Waals surface area contributed by atoms with Gasteiger partial charge in [0.25, 0.3) is 0 Å². The summed E-state index contributed by atoms with van der Waals surface area (Å²) in [6.07, 6.45) is 1.26. The zero-order chi connectivity index (χ0) is 27.9. The van der Waals surface area contributed by atoms with E-state index in [1.165, 1.54) is 6.07 Å². The van der Waals surface area contributed by atoms with Gasteiger partial charge in [0.15, 0.2) is 0 Å². The molecule has 39 heavy (non-hydrogen) atoms. The molecule has 3 aromatic carbocycles. The summed E-state index contributed by atoms with van der Waals surface area (Å²) < 4.78 is 25.5. The van der Waals surface area contributed by atoms with Crippen molar-refractivity contribution in [1.82, 2.24) is 10.3 Å². The van der Waals surface area contributed by atoms with Crippen LogP contribution in [-0.4, -0.2) is 24.2 Å². The number of halogens is 1. The highest BCUT2D eigenvalue weighted by Crippen LogP contribution is 2.33. The van der Waals surface area contributed by atoms with Crippen molar-refractivity contribution >= 4 is 16.9 Å². The number of nitrogens with zero attached hydrogens (tertiary/aromatic N) is 1. The van der Waals surface area contributed by atoms with Crippen molar-refractivity contribution in [3.63, 3.8) is 0 Å². The third kappa shape index (κ3) is 7.21. The maximum Gasteiger partial charge on any atom is 0.306 e. The quantitative estimate of drug-likeness (QED) is 0.202. The molecule has 6 heteroatoms. The summed E-state index contributed by atoms with van der Waals surface area (Å²) in [5.74, 6) is 0.202. The number of hydrogen-bond acceptors (Lipinski definition) is 5. The predicted octanol–water partition coefficient (Wildman–Crippen LogP) is 7.74. The number of nitrogens with one attached hydrogen (secondary N) is 1. The molecule has 204 valence electrons. The van der Waals surface area contributed by atoms with E-state index in [0.29, 0.717) is 6.42 Å². The topological polar surface area (TPSA) is 60.5 Å². The lowest BCUT2D eigenvalue weighted by Crippen LogP contribution is -2.25. The van der Waals surface area contributed by atoms with Gasteiger partial charge in [-0.15, -0.1) is 0 Å². The summed E-state index contributed by atoms with van der Waals surface area (Å²) in [5.41, 5.74) is 5.30. The number of esters is 1. The van der Waals surface area contributed by atoms with Crippen LogP contribution in [0.4, 0.5) is 4.39 Å². The molecule has 0 spiro atoms. The molecule has 4 aromatic rings. The molecule has 0 radical (unpaired) electrons. The Bertz CT molecular complexity index is 1440. The first-order valence-electron chi connectivity index (χ1n) is 13.6. The van der Waals surface area contributed by atoms with E-state index in [4.69, 9.17) is 14.5 Å². The Hall–Kier alpha value is -3.77. The van der Waals surface area contributed by atoms with Crippen molar-refractivity contribution in [2.24, 2.45) is 0 Å². The van der Waals surface area contributed by atoms with Gasteiger partial charge in [-0.1, -0.05) is 43.3 Å². The Morgan fingerprint density at radius 1 is 1.00 bits per heavy atom.